The molecule has 1 amide bonds. The molecule has 0 radical (unpaired) electrons. The summed E-state index contributed by atoms with van der Waals surface area (Å²) in [5, 5.41) is 0.696. The van der Waals surface area contributed by atoms with Gasteiger partial charge in [-0.05, 0) is 42.3 Å². The molecule has 0 saturated carbocycles. The first-order chi connectivity index (χ1) is 15.1. The van der Waals surface area contributed by atoms with Gasteiger partial charge < -0.3 is 19.3 Å². The highest BCUT2D eigenvalue weighted by Gasteiger charge is 2.27. The number of halogens is 4. The van der Waals surface area contributed by atoms with Crippen LogP contribution >= 0.6 is 52.3 Å². The SMILES string of the molecule is Cl.Cl.O=C1c2ccc(Cl)cc2CCN1CCN1CCN(c2cc(Br)cc3c2OCCO3)CC1. The van der Waals surface area contributed by atoms with Crippen molar-refractivity contribution in [1.82, 2.24) is 9.80 Å². The zero-order valence-electron chi connectivity index (χ0n) is 18.1. The Labute approximate surface area is 220 Å². The Hall–Kier alpha value is -1.38. The highest BCUT2D eigenvalue weighted by Crippen LogP contribution is 2.42. The second kappa shape index (κ2) is 11.4. The standard InChI is InChI=1S/C23H25BrClN3O3.2ClH/c24-17-14-20(22-21(15-17)30-11-12-31-22)27-8-5-26(6-9-27)7-10-28-4-3-16-13-18(25)1-2-19(16)23(28)29;;/h1-2,13-15H,3-12H2;2*1H. The van der Waals surface area contributed by atoms with Crippen molar-refractivity contribution in [2.75, 3.05) is 63.9 Å². The van der Waals surface area contributed by atoms with Gasteiger partial charge in [0.25, 0.3) is 5.91 Å². The molecular formula is C23H27BrCl3N3O3. The third-order valence-electron chi connectivity index (χ3n) is 6.22. The van der Waals surface area contributed by atoms with Crippen molar-refractivity contribution in [3.63, 3.8) is 0 Å². The lowest BCUT2D eigenvalue weighted by Gasteiger charge is -2.38. The van der Waals surface area contributed by atoms with Crippen LogP contribution in [0.3, 0.4) is 0 Å². The summed E-state index contributed by atoms with van der Waals surface area (Å²) in [5.74, 6) is 1.78. The maximum Gasteiger partial charge on any atom is 0.254 e. The molecule has 0 aliphatic carbocycles. The van der Waals surface area contributed by atoms with Crippen molar-refractivity contribution in [3.8, 4) is 11.5 Å². The predicted molar refractivity (Wildman–Crippen MR) is 139 cm³/mol. The number of piperazine rings is 1. The van der Waals surface area contributed by atoms with Crippen LogP contribution in [0.2, 0.25) is 5.02 Å². The van der Waals surface area contributed by atoms with Crippen LogP contribution in [-0.4, -0.2) is 74.7 Å². The van der Waals surface area contributed by atoms with Gasteiger partial charge >= 0.3 is 0 Å². The summed E-state index contributed by atoms with van der Waals surface area (Å²) in [7, 11) is 0. The third-order valence-corrected chi connectivity index (χ3v) is 6.92. The number of hydrogen-bond donors (Lipinski definition) is 0. The predicted octanol–water partition coefficient (Wildman–Crippen LogP) is 4.54. The second-order valence-corrected chi connectivity index (χ2v) is 9.47. The molecule has 3 aliphatic heterocycles. The molecule has 0 spiro atoms. The molecule has 3 aliphatic rings. The molecule has 180 valence electrons. The number of fused-ring (bicyclic) bond motifs is 2. The van der Waals surface area contributed by atoms with E-state index >= 15 is 0 Å². The minimum atomic E-state index is 0. The van der Waals surface area contributed by atoms with Gasteiger partial charge in [0, 0.05) is 60.9 Å². The number of carbonyl (C=O) groups is 1. The first-order valence-electron chi connectivity index (χ1n) is 10.7. The molecule has 6 nitrogen and oxygen atoms in total. The zero-order valence-corrected chi connectivity index (χ0v) is 22.1. The highest BCUT2D eigenvalue weighted by molar-refractivity contribution is 9.10. The molecule has 1 fully saturated rings. The Morgan fingerprint density at radius 3 is 2.48 bits per heavy atom. The monoisotopic (exact) mass is 577 g/mol. The van der Waals surface area contributed by atoms with E-state index < -0.39 is 0 Å². The lowest BCUT2D eigenvalue weighted by molar-refractivity contribution is 0.0717. The van der Waals surface area contributed by atoms with Gasteiger partial charge in [-0.2, -0.15) is 0 Å². The molecule has 3 heterocycles. The summed E-state index contributed by atoms with van der Waals surface area (Å²) in [4.78, 5) is 19.6. The van der Waals surface area contributed by atoms with Crippen LogP contribution in [0.5, 0.6) is 11.5 Å². The van der Waals surface area contributed by atoms with Crippen molar-refractivity contribution in [1.29, 1.82) is 0 Å². The van der Waals surface area contributed by atoms with Crippen molar-refractivity contribution in [2.24, 2.45) is 0 Å². The smallest absolute Gasteiger partial charge is 0.254 e. The van der Waals surface area contributed by atoms with Crippen LogP contribution in [-0.2, 0) is 6.42 Å². The van der Waals surface area contributed by atoms with Crippen molar-refractivity contribution in [2.45, 2.75) is 6.42 Å². The number of carbonyl (C=O) groups excluding carboxylic acids is 1. The summed E-state index contributed by atoms with van der Waals surface area (Å²) in [5.41, 5.74) is 2.94. The number of benzene rings is 2. The lowest BCUT2D eigenvalue weighted by Crippen LogP contribution is -2.50. The van der Waals surface area contributed by atoms with Crippen molar-refractivity contribution in [3.05, 3.63) is 51.0 Å². The zero-order chi connectivity index (χ0) is 21.4. The molecular weight excluding hydrogens is 553 g/mol. The quantitative estimate of drug-likeness (QED) is 0.533. The minimum Gasteiger partial charge on any atom is -0.486 e. The largest absolute Gasteiger partial charge is 0.486 e. The first-order valence-corrected chi connectivity index (χ1v) is 11.9. The normalized spacial score (nSPS) is 17.7. The van der Waals surface area contributed by atoms with E-state index in [2.05, 4.69) is 31.8 Å². The van der Waals surface area contributed by atoms with Gasteiger partial charge in [0.2, 0.25) is 0 Å². The van der Waals surface area contributed by atoms with Crippen LogP contribution in [0, 0.1) is 0 Å². The average molecular weight is 580 g/mol. The molecule has 2 aromatic carbocycles. The number of nitrogens with zero attached hydrogens (tertiary/aromatic N) is 3. The minimum absolute atomic E-state index is 0. The maximum atomic E-state index is 12.8. The van der Waals surface area contributed by atoms with Gasteiger partial charge in [-0.25, -0.2) is 0 Å². The Bertz CT molecular complexity index is 1000. The van der Waals surface area contributed by atoms with Gasteiger partial charge in [-0.15, -0.1) is 24.8 Å². The first kappa shape index (κ1) is 26.2. The Morgan fingerprint density at radius 2 is 1.70 bits per heavy atom. The molecule has 10 heteroatoms. The van der Waals surface area contributed by atoms with Crippen LogP contribution in [0.4, 0.5) is 5.69 Å². The van der Waals surface area contributed by atoms with E-state index in [0.717, 1.165) is 85.0 Å². The second-order valence-electron chi connectivity index (χ2n) is 8.12. The van der Waals surface area contributed by atoms with E-state index in [1.54, 1.807) is 6.07 Å². The topological polar surface area (TPSA) is 45.3 Å². The number of ether oxygens (including phenoxy) is 2. The van der Waals surface area contributed by atoms with Gasteiger partial charge in [0.05, 0.1) is 5.69 Å². The number of amides is 1. The van der Waals surface area contributed by atoms with E-state index in [1.165, 1.54) is 0 Å². The summed E-state index contributed by atoms with van der Waals surface area (Å²) in [6.07, 6.45) is 0.867. The Morgan fingerprint density at radius 1 is 0.939 bits per heavy atom. The van der Waals surface area contributed by atoms with E-state index in [-0.39, 0.29) is 30.7 Å². The Balaban J connectivity index is 0.00000153. The summed E-state index contributed by atoms with van der Waals surface area (Å²) >= 11 is 9.67. The molecule has 0 atom stereocenters. The van der Waals surface area contributed by atoms with Gasteiger partial charge in [-0.1, -0.05) is 27.5 Å². The summed E-state index contributed by atoms with van der Waals surface area (Å²) in [6.45, 7) is 7.32. The number of hydrogen-bond acceptors (Lipinski definition) is 5. The fraction of sp³-hybridized carbons (Fsp3) is 0.435. The van der Waals surface area contributed by atoms with Crippen LogP contribution < -0.4 is 14.4 Å². The van der Waals surface area contributed by atoms with Gasteiger partial charge in [0.15, 0.2) is 11.5 Å². The van der Waals surface area contributed by atoms with Crippen LogP contribution in [0.25, 0.3) is 0 Å². The molecule has 2 aromatic rings. The lowest BCUT2D eigenvalue weighted by atomic mass is 9.99. The van der Waals surface area contributed by atoms with E-state index in [4.69, 9.17) is 21.1 Å². The fourth-order valence-corrected chi connectivity index (χ4v) is 5.15. The molecule has 5 rings (SSSR count). The molecule has 0 N–H and O–H groups in total. The van der Waals surface area contributed by atoms with Gasteiger partial charge in [-0.3, -0.25) is 9.69 Å². The van der Waals surface area contributed by atoms with E-state index in [1.807, 2.05) is 23.1 Å². The highest BCUT2D eigenvalue weighted by atomic mass is 79.9. The van der Waals surface area contributed by atoms with E-state index in [0.29, 0.717) is 18.2 Å². The summed E-state index contributed by atoms with van der Waals surface area (Å²) < 4.78 is 12.7. The number of rotatable bonds is 4. The molecule has 0 unspecified atom stereocenters. The third kappa shape index (κ3) is 5.65. The average Bonchev–Trinajstić information content (AvgIpc) is 2.78. The molecule has 0 aromatic heterocycles. The number of anilines is 1. The fourth-order valence-electron chi connectivity index (χ4n) is 4.53. The van der Waals surface area contributed by atoms with Crippen molar-refractivity contribution < 1.29 is 14.3 Å². The van der Waals surface area contributed by atoms with E-state index in [9.17, 15) is 4.79 Å². The van der Waals surface area contributed by atoms with Crippen molar-refractivity contribution >= 4 is 63.9 Å². The molecule has 0 bridgehead atoms. The van der Waals surface area contributed by atoms with Crippen LogP contribution in [0.15, 0.2) is 34.8 Å². The molecule has 1 saturated heterocycles. The maximum absolute atomic E-state index is 12.8. The van der Waals surface area contributed by atoms with Gasteiger partial charge in [0.1, 0.15) is 13.2 Å². The van der Waals surface area contributed by atoms with Crippen LogP contribution in [0.1, 0.15) is 15.9 Å². The molecule has 33 heavy (non-hydrogen) atoms. The summed E-state index contributed by atoms with van der Waals surface area (Å²) in [6, 6.07) is 9.65. The Kier molecular flexibility index (Phi) is 9.03.